The predicted molar refractivity (Wildman–Crippen MR) is 206 cm³/mol. The van der Waals surface area contributed by atoms with Crippen LogP contribution in [-0.2, 0) is 28.2 Å². The van der Waals surface area contributed by atoms with Gasteiger partial charge < -0.3 is 29.9 Å². The van der Waals surface area contributed by atoms with Gasteiger partial charge in [0.2, 0.25) is 8.41 Å². The van der Waals surface area contributed by atoms with Crippen LogP contribution in [0.4, 0.5) is 21.2 Å². The van der Waals surface area contributed by atoms with Gasteiger partial charge in [0.1, 0.15) is 0 Å². The van der Waals surface area contributed by atoms with Gasteiger partial charge in [-0.2, -0.15) is 0 Å². The normalized spacial score (nSPS) is 21.6. The van der Waals surface area contributed by atoms with Crippen molar-refractivity contribution in [3.8, 4) is 0 Å². The lowest BCUT2D eigenvalue weighted by atomic mass is 9.82. The zero-order valence-corrected chi connectivity index (χ0v) is 31.5. The van der Waals surface area contributed by atoms with E-state index in [2.05, 4.69) is 15.6 Å². The van der Waals surface area contributed by atoms with Crippen LogP contribution in [-0.4, -0.2) is 53.0 Å². The van der Waals surface area contributed by atoms with Crippen molar-refractivity contribution in [2.45, 2.75) is 62.7 Å². The van der Waals surface area contributed by atoms with Crippen LogP contribution in [0.5, 0.6) is 0 Å². The lowest BCUT2D eigenvalue weighted by Crippen LogP contribution is -2.45. The van der Waals surface area contributed by atoms with Gasteiger partial charge in [0.25, 0.3) is 11.8 Å². The Balaban J connectivity index is 1.12. The van der Waals surface area contributed by atoms with E-state index >= 15 is 4.11 Å². The zero-order chi connectivity index (χ0) is 37.5. The van der Waals surface area contributed by atoms with Crippen LogP contribution in [0.2, 0.25) is 23.7 Å². The van der Waals surface area contributed by atoms with Crippen molar-refractivity contribution in [1.82, 2.24) is 15.0 Å². The van der Waals surface area contributed by atoms with Crippen LogP contribution in [0.15, 0.2) is 103 Å². The van der Waals surface area contributed by atoms with Crippen molar-refractivity contribution >= 4 is 48.9 Å². The van der Waals surface area contributed by atoms with E-state index in [-0.39, 0.29) is 30.9 Å². The van der Waals surface area contributed by atoms with Gasteiger partial charge in [-0.05, 0) is 85.2 Å². The molecule has 10 nitrogen and oxygen atoms in total. The second kappa shape index (κ2) is 14.5. The largest absolute Gasteiger partial charge is 0.399 e. The van der Waals surface area contributed by atoms with Crippen LogP contribution in [0.1, 0.15) is 52.0 Å². The molecule has 4 aromatic carbocycles. The highest BCUT2D eigenvalue weighted by molar-refractivity contribution is 6.72. The number of nitrogen functional groups attached to an aromatic ring is 1. The first-order valence-corrected chi connectivity index (χ1v) is 21.0. The van der Waals surface area contributed by atoms with E-state index in [1.807, 2.05) is 55.5 Å². The number of ether oxygens (including phenoxy) is 1. The van der Waals surface area contributed by atoms with E-state index in [1.54, 1.807) is 77.4 Å². The van der Waals surface area contributed by atoms with Gasteiger partial charge in [-0.1, -0.05) is 66.2 Å². The molecule has 7 rings (SSSR count). The predicted octanol–water partition coefficient (Wildman–Crippen LogP) is 7.30. The fourth-order valence-corrected chi connectivity index (χ4v) is 10.8. The van der Waals surface area contributed by atoms with E-state index in [0.717, 1.165) is 11.1 Å². The molecular weight excluding hydrogens is 711 g/mol. The first-order chi connectivity index (χ1) is 25.4. The summed E-state index contributed by atoms with van der Waals surface area (Å²) in [6.07, 6.45) is 1.63. The molecule has 1 fully saturated rings. The van der Waals surface area contributed by atoms with Crippen LogP contribution >= 0.6 is 11.6 Å². The molecule has 1 saturated heterocycles. The average molecular weight is 753 g/mol. The minimum Gasteiger partial charge on any atom is -0.399 e. The van der Waals surface area contributed by atoms with E-state index in [4.69, 9.17) is 22.1 Å². The number of carbonyl (C=O) groups excluding carboxylic acids is 2. The summed E-state index contributed by atoms with van der Waals surface area (Å²) < 4.78 is 25.0. The lowest BCUT2D eigenvalue weighted by molar-refractivity contribution is -0.146. The Morgan fingerprint density at radius 2 is 1.79 bits per heavy atom. The third kappa shape index (κ3) is 6.99. The molecule has 2 aliphatic heterocycles. The number of nitrogens with one attached hydrogen (secondary N) is 1. The smallest absolute Gasteiger partial charge is 0.264 e. The number of hydrogen-bond donors (Lipinski definition) is 3. The average Bonchev–Trinajstić information content (AvgIpc) is 3.79. The number of amides is 2. The maximum absolute atomic E-state index is 16.4. The van der Waals surface area contributed by atoms with Crippen molar-refractivity contribution in [3.05, 3.63) is 136 Å². The number of hydrogen-bond acceptors (Lipinski definition) is 7. The van der Waals surface area contributed by atoms with Gasteiger partial charge in [0.05, 0.1) is 36.6 Å². The fourth-order valence-electron chi connectivity index (χ4n) is 8.06. The minimum absolute atomic E-state index is 0.121. The second-order valence-electron chi connectivity index (χ2n) is 14.4. The highest BCUT2D eigenvalue weighted by Gasteiger charge is 2.66. The Hall–Kier alpha value is -4.88. The van der Waals surface area contributed by atoms with Crippen molar-refractivity contribution in [2.24, 2.45) is 5.92 Å². The van der Waals surface area contributed by atoms with Crippen LogP contribution < -0.4 is 16.0 Å². The third-order valence-corrected chi connectivity index (χ3v) is 13.3. The fraction of sp³-hybridized carbons (Fsp3) is 0.300. The molecule has 5 atom stereocenters. The van der Waals surface area contributed by atoms with Crippen molar-refractivity contribution in [2.75, 3.05) is 22.6 Å². The molecule has 1 unspecified atom stereocenters. The quantitative estimate of drug-likeness (QED) is 0.0732. The first kappa shape index (κ1) is 36.5. The molecule has 0 aliphatic carbocycles. The second-order valence-corrected chi connectivity index (χ2v) is 18.7. The minimum atomic E-state index is -3.40. The molecule has 53 heavy (non-hydrogen) atoms. The molecule has 2 aliphatic rings. The molecule has 4 N–H and O–H groups in total. The summed E-state index contributed by atoms with van der Waals surface area (Å²) >= 11 is 6.56. The number of benzene rings is 4. The number of fused-ring (bicyclic) bond motifs is 2. The molecule has 3 heterocycles. The molecular formula is C40H42ClFN6O4Si. The molecule has 0 saturated carbocycles. The lowest BCUT2D eigenvalue weighted by Gasteiger charge is -2.31. The third-order valence-electron chi connectivity index (χ3n) is 10.6. The van der Waals surface area contributed by atoms with Crippen LogP contribution in [0.3, 0.4) is 0 Å². The summed E-state index contributed by atoms with van der Waals surface area (Å²) in [5, 5.41) is 22.2. The highest BCUT2D eigenvalue weighted by atomic mass is 35.5. The van der Waals surface area contributed by atoms with Gasteiger partial charge >= 0.3 is 0 Å². The van der Waals surface area contributed by atoms with E-state index in [1.165, 1.54) is 0 Å². The summed E-state index contributed by atoms with van der Waals surface area (Å²) in [7, 11) is -3.40. The van der Waals surface area contributed by atoms with Crippen molar-refractivity contribution in [1.29, 1.82) is 0 Å². The molecule has 274 valence electrons. The number of rotatable bonds is 11. The number of nitrogens with zero attached hydrogens (tertiary/aromatic N) is 4. The topological polar surface area (TPSA) is 136 Å². The van der Waals surface area contributed by atoms with Crippen molar-refractivity contribution < 1.29 is 23.5 Å². The van der Waals surface area contributed by atoms with E-state index < -0.39 is 31.6 Å². The molecule has 0 radical (unpaired) electrons. The maximum Gasteiger partial charge on any atom is 0.264 e. The van der Waals surface area contributed by atoms with Crippen molar-refractivity contribution in [3.63, 3.8) is 0 Å². The molecule has 5 aromatic rings. The van der Waals surface area contributed by atoms with E-state index in [0.29, 0.717) is 51.9 Å². The standard InChI is InChI=1S/C40H42ClFN6O4Si/c1-25-37(53(2,3)42)36(19-20-47-23-34(45-46-47)32(24-49)27-7-5-4-6-8-27)52-40(25)33-21-29(41)13-18-35(33)48(39(40)51)22-26-9-16-31(17-10-26)44-38(50)28-11-14-30(43)15-12-28/h4-18,21,23,25,32,36-37,49H,19-20,22,24,43H2,1-3H3,(H,44,50)/t25-,32?,36+,37-,40+/m0/s1. The van der Waals surface area contributed by atoms with Gasteiger partial charge in [-0.3, -0.25) is 14.3 Å². The molecule has 0 bridgehead atoms. The molecule has 13 heteroatoms. The monoisotopic (exact) mass is 752 g/mol. The Kier molecular flexibility index (Phi) is 9.98. The van der Waals surface area contributed by atoms with Crippen LogP contribution in [0.25, 0.3) is 0 Å². The van der Waals surface area contributed by atoms with Gasteiger partial charge in [-0.15, -0.1) is 5.10 Å². The molecule has 1 spiro atoms. The number of aliphatic hydroxyl groups excluding tert-OH is 1. The summed E-state index contributed by atoms with van der Waals surface area (Å²) in [6.45, 7) is 5.76. The summed E-state index contributed by atoms with van der Waals surface area (Å²) in [5.41, 5.74) is 9.19. The highest BCUT2D eigenvalue weighted by Crippen LogP contribution is 2.60. The summed E-state index contributed by atoms with van der Waals surface area (Å²) in [4.78, 5) is 29.2. The Morgan fingerprint density at radius 3 is 2.47 bits per heavy atom. The number of aromatic nitrogens is 3. The number of anilines is 3. The summed E-state index contributed by atoms with van der Waals surface area (Å²) in [6, 6.07) is 28.9. The SMILES string of the molecule is C[C@H]1[C@H]([Si](C)(C)F)[C@@H](CCn2cc(C(CO)c3ccccc3)nn2)O[C@]12C(=O)N(Cc1ccc(NC(=O)c3ccc(N)cc3)cc1)c1ccc(Cl)cc12. The number of halogens is 2. The van der Waals surface area contributed by atoms with Gasteiger partial charge in [-0.25, -0.2) is 0 Å². The Bertz CT molecular complexity index is 2110. The number of aryl methyl sites for hydroxylation is 1. The number of aliphatic hydroxyl groups is 1. The maximum atomic E-state index is 16.4. The van der Waals surface area contributed by atoms with Crippen LogP contribution in [0, 0.1) is 5.92 Å². The summed E-state index contributed by atoms with van der Waals surface area (Å²) in [5.74, 6) is -1.33. The first-order valence-electron chi connectivity index (χ1n) is 17.7. The molecule has 2 amide bonds. The van der Waals surface area contributed by atoms with E-state index in [9.17, 15) is 14.7 Å². The van der Waals surface area contributed by atoms with Gasteiger partial charge in [0, 0.05) is 51.7 Å². The zero-order valence-electron chi connectivity index (χ0n) is 29.7. The van der Waals surface area contributed by atoms with Gasteiger partial charge in [0.15, 0.2) is 5.60 Å². The number of carbonyl (C=O) groups is 2. The molecule has 1 aromatic heterocycles. The Morgan fingerprint density at radius 1 is 1.08 bits per heavy atom. The number of nitrogens with two attached hydrogens (primary N) is 1. The Labute approximate surface area is 313 Å².